The van der Waals surface area contributed by atoms with E-state index in [4.69, 9.17) is 0 Å². The summed E-state index contributed by atoms with van der Waals surface area (Å²) in [6, 6.07) is 7.91. The summed E-state index contributed by atoms with van der Waals surface area (Å²) in [6.45, 7) is 2.58. The third kappa shape index (κ3) is 1.79. The highest BCUT2D eigenvalue weighted by molar-refractivity contribution is 6.02. The SMILES string of the molecule is CCn1cc(C(=O)O)c(-c2cn(C)c3ccccc23)n1. The van der Waals surface area contributed by atoms with E-state index in [0.29, 0.717) is 12.2 Å². The number of aryl methyl sites for hydroxylation is 2. The van der Waals surface area contributed by atoms with Gasteiger partial charge in [0.25, 0.3) is 0 Å². The first-order valence-corrected chi connectivity index (χ1v) is 6.47. The van der Waals surface area contributed by atoms with Crippen LogP contribution in [0.15, 0.2) is 36.7 Å². The van der Waals surface area contributed by atoms with Crippen LogP contribution in [0.2, 0.25) is 0 Å². The molecule has 1 N–H and O–H groups in total. The van der Waals surface area contributed by atoms with Crippen LogP contribution >= 0.6 is 0 Å². The summed E-state index contributed by atoms with van der Waals surface area (Å²) in [5, 5.41) is 14.8. The number of benzene rings is 1. The lowest BCUT2D eigenvalue weighted by Crippen LogP contribution is -1.96. The van der Waals surface area contributed by atoms with Crippen molar-refractivity contribution in [2.45, 2.75) is 13.5 Å². The fraction of sp³-hybridized carbons (Fsp3) is 0.200. The zero-order chi connectivity index (χ0) is 14.3. The number of rotatable bonds is 3. The molecule has 102 valence electrons. The van der Waals surface area contributed by atoms with Gasteiger partial charge >= 0.3 is 5.97 Å². The molecule has 0 amide bonds. The van der Waals surface area contributed by atoms with Crippen LogP contribution < -0.4 is 0 Å². The maximum Gasteiger partial charge on any atom is 0.339 e. The van der Waals surface area contributed by atoms with E-state index >= 15 is 0 Å². The molecule has 5 nitrogen and oxygen atoms in total. The standard InChI is InChI=1S/C15H15N3O2/c1-3-18-9-12(15(19)20)14(16-18)11-8-17(2)13-7-5-4-6-10(11)13/h4-9H,3H2,1-2H3,(H,19,20). The lowest BCUT2D eigenvalue weighted by molar-refractivity contribution is 0.0697. The van der Waals surface area contributed by atoms with Crippen LogP contribution in [0.3, 0.4) is 0 Å². The monoisotopic (exact) mass is 269 g/mol. The zero-order valence-corrected chi connectivity index (χ0v) is 11.4. The molecule has 3 rings (SSSR count). The summed E-state index contributed by atoms with van der Waals surface area (Å²) in [5.41, 5.74) is 2.68. The molecule has 0 aliphatic rings. The Morgan fingerprint density at radius 2 is 2.05 bits per heavy atom. The minimum atomic E-state index is -0.951. The van der Waals surface area contributed by atoms with Crippen LogP contribution in [0.1, 0.15) is 17.3 Å². The average Bonchev–Trinajstić information content (AvgIpc) is 3.01. The fourth-order valence-corrected chi connectivity index (χ4v) is 2.47. The second kappa shape index (κ2) is 4.52. The van der Waals surface area contributed by atoms with Gasteiger partial charge in [0.1, 0.15) is 11.3 Å². The Kier molecular flexibility index (Phi) is 2.82. The van der Waals surface area contributed by atoms with Gasteiger partial charge in [-0.15, -0.1) is 0 Å². The Bertz CT molecular complexity index is 799. The molecule has 2 heterocycles. The summed E-state index contributed by atoms with van der Waals surface area (Å²) in [7, 11) is 1.95. The van der Waals surface area contributed by atoms with Crippen molar-refractivity contribution >= 4 is 16.9 Å². The predicted octanol–water partition coefficient (Wildman–Crippen LogP) is 2.76. The van der Waals surface area contributed by atoms with Gasteiger partial charge in [-0.25, -0.2) is 4.79 Å². The Morgan fingerprint density at radius 1 is 1.30 bits per heavy atom. The first kappa shape index (κ1) is 12.5. The summed E-state index contributed by atoms with van der Waals surface area (Å²) < 4.78 is 3.64. The molecule has 0 radical (unpaired) electrons. The molecule has 0 atom stereocenters. The number of fused-ring (bicyclic) bond motifs is 1. The molecule has 1 aromatic carbocycles. The van der Waals surface area contributed by atoms with Crippen LogP contribution in [-0.2, 0) is 13.6 Å². The van der Waals surface area contributed by atoms with Gasteiger partial charge in [0.15, 0.2) is 0 Å². The molecule has 0 spiro atoms. The van der Waals surface area contributed by atoms with E-state index in [-0.39, 0.29) is 5.56 Å². The molecule has 0 aliphatic heterocycles. The first-order chi connectivity index (χ1) is 9.61. The van der Waals surface area contributed by atoms with E-state index in [1.165, 1.54) is 0 Å². The number of carboxylic acid groups (broad SMARTS) is 1. The molecule has 0 bridgehead atoms. The summed E-state index contributed by atoms with van der Waals surface area (Å²) in [6.07, 6.45) is 3.51. The lowest BCUT2D eigenvalue weighted by Gasteiger charge is -1.97. The van der Waals surface area contributed by atoms with Gasteiger partial charge in [0.05, 0.1) is 0 Å². The molecular weight excluding hydrogens is 254 g/mol. The molecule has 0 aliphatic carbocycles. The van der Waals surface area contributed by atoms with E-state index < -0.39 is 5.97 Å². The molecule has 0 unspecified atom stereocenters. The van der Waals surface area contributed by atoms with E-state index in [1.807, 2.05) is 49.0 Å². The van der Waals surface area contributed by atoms with Crippen molar-refractivity contribution in [1.29, 1.82) is 0 Å². The van der Waals surface area contributed by atoms with Crippen LogP contribution in [0.25, 0.3) is 22.2 Å². The molecule has 2 aromatic heterocycles. The smallest absolute Gasteiger partial charge is 0.339 e. The predicted molar refractivity (Wildman–Crippen MR) is 76.8 cm³/mol. The van der Waals surface area contributed by atoms with Gasteiger partial charge in [-0.1, -0.05) is 18.2 Å². The van der Waals surface area contributed by atoms with Gasteiger partial charge in [0.2, 0.25) is 0 Å². The summed E-state index contributed by atoms with van der Waals surface area (Å²) in [4.78, 5) is 11.4. The second-order valence-corrected chi connectivity index (χ2v) is 4.72. The van der Waals surface area contributed by atoms with E-state index in [2.05, 4.69) is 5.10 Å². The molecule has 0 saturated carbocycles. The van der Waals surface area contributed by atoms with Crippen LogP contribution in [0, 0.1) is 0 Å². The number of hydrogen-bond acceptors (Lipinski definition) is 2. The number of hydrogen-bond donors (Lipinski definition) is 1. The first-order valence-electron chi connectivity index (χ1n) is 6.47. The van der Waals surface area contributed by atoms with E-state index in [0.717, 1.165) is 16.5 Å². The largest absolute Gasteiger partial charge is 0.478 e. The topological polar surface area (TPSA) is 60.1 Å². The third-order valence-electron chi connectivity index (χ3n) is 3.47. The number of carbonyl (C=O) groups is 1. The number of nitrogens with zero attached hydrogens (tertiary/aromatic N) is 3. The second-order valence-electron chi connectivity index (χ2n) is 4.72. The average molecular weight is 269 g/mol. The molecule has 3 aromatic rings. The lowest BCUT2D eigenvalue weighted by atomic mass is 10.1. The van der Waals surface area contributed by atoms with Crippen LogP contribution in [0.4, 0.5) is 0 Å². The van der Waals surface area contributed by atoms with Gasteiger partial charge in [0, 0.05) is 42.5 Å². The summed E-state index contributed by atoms with van der Waals surface area (Å²) in [5.74, 6) is -0.951. The highest BCUT2D eigenvalue weighted by Gasteiger charge is 2.20. The molecule has 0 saturated heterocycles. The van der Waals surface area contributed by atoms with Gasteiger partial charge in [-0.05, 0) is 13.0 Å². The third-order valence-corrected chi connectivity index (χ3v) is 3.47. The maximum absolute atomic E-state index is 11.4. The van der Waals surface area contributed by atoms with Crippen molar-refractivity contribution in [2.24, 2.45) is 7.05 Å². The van der Waals surface area contributed by atoms with E-state index in [1.54, 1.807) is 10.9 Å². The number of carboxylic acids is 1. The van der Waals surface area contributed by atoms with Crippen molar-refractivity contribution in [3.63, 3.8) is 0 Å². The number of aromatic carboxylic acids is 1. The maximum atomic E-state index is 11.4. The number of para-hydroxylation sites is 1. The number of aromatic nitrogens is 3. The minimum Gasteiger partial charge on any atom is -0.478 e. The van der Waals surface area contributed by atoms with Crippen molar-refractivity contribution < 1.29 is 9.90 Å². The highest BCUT2D eigenvalue weighted by atomic mass is 16.4. The van der Waals surface area contributed by atoms with Crippen molar-refractivity contribution in [2.75, 3.05) is 0 Å². The summed E-state index contributed by atoms with van der Waals surface area (Å²) >= 11 is 0. The molecule has 5 heteroatoms. The Morgan fingerprint density at radius 3 is 2.75 bits per heavy atom. The van der Waals surface area contributed by atoms with Crippen molar-refractivity contribution in [3.8, 4) is 11.3 Å². The van der Waals surface area contributed by atoms with Crippen LogP contribution in [-0.4, -0.2) is 25.4 Å². The van der Waals surface area contributed by atoms with Gasteiger partial charge in [-0.2, -0.15) is 5.10 Å². The van der Waals surface area contributed by atoms with Crippen molar-refractivity contribution in [3.05, 3.63) is 42.2 Å². The van der Waals surface area contributed by atoms with Gasteiger partial charge in [-0.3, -0.25) is 4.68 Å². The minimum absolute atomic E-state index is 0.239. The zero-order valence-electron chi connectivity index (χ0n) is 11.4. The Balaban J connectivity index is 2.30. The molecular formula is C15H15N3O2. The van der Waals surface area contributed by atoms with Gasteiger partial charge < -0.3 is 9.67 Å². The Hall–Kier alpha value is -2.56. The van der Waals surface area contributed by atoms with E-state index in [9.17, 15) is 9.90 Å². The quantitative estimate of drug-likeness (QED) is 0.795. The molecule has 0 fully saturated rings. The van der Waals surface area contributed by atoms with Crippen molar-refractivity contribution in [1.82, 2.24) is 14.3 Å². The Labute approximate surface area is 116 Å². The fourth-order valence-electron chi connectivity index (χ4n) is 2.47. The highest BCUT2D eigenvalue weighted by Crippen LogP contribution is 2.31. The molecule has 20 heavy (non-hydrogen) atoms. The van der Waals surface area contributed by atoms with Crippen LogP contribution in [0.5, 0.6) is 0 Å². The normalized spacial score (nSPS) is 11.1.